The van der Waals surface area contributed by atoms with Gasteiger partial charge in [-0.3, -0.25) is 0 Å². The van der Waals surface area contributed by atoms with E-state index in [1.807, 2.05) is 11.3 Å². The molecule has 0 unspecified atom stereocenters. The Morgan fingerprint density at radius 2 is 1.14 bits per heavy atom. The van der Waals surface area contributed by atoms with Gasteiger partial charge in [-0.05, 0) is 92.4 Å². The van der Waals surface area contributed by atoms with E-state index >= 15 is 0 Å². The fraction of sp³-hybridized carbons (Fsp3) is 0.262. The first-order chi connectivity index (χ1) is 21.1. The van der Waals surface area contributed by atoms with Gasteiger partial charge in [-0.15, -0.1) is 0 Å². The molecule has 1 nitrogen and oxygen atoms in total. The molecule has 44 heavy (non-hydrogen) atoms. The van der Waals surface area contributed by atoms with Gasteiger partial charge in [0.1, 0.15) is 11.7 Å². The molecular weight excluding hydrogens is 551 g/mol. The van der Waals surface area contributed by atoms with Gasteiger partial charge >= 0.3 is 0 Å². The highest BCUT2D eigenvalue weighted by Gasteiger charge is 2.24. The highest BCUT2D eigenvalue weighted by atomic mass is 32.1. The van der Waals surface area contributed by atoms with Crippen LogP contribution in [-0.2, 0) is 7.05 Å². The first-order valence-electron chi connectivity index (χ1n) is 16.0. The lowest BCUT2D eigenvalue weighted by Crippen LogP contribution is -2.28. The summed E-state index contributed by atoms with van der Waals surface area (Å²) in [6.45, 7) is 16.0. The third-order valence-electron chi connectivity index (χ3n) is 9.05. The van der Waals surface area contributed by atoms with Gasteiger partial charge in [0.2, 0.25) is 5.52 Å². The molecule has 0 aliphatic rings. The number of aryl methyl sites for hydroxylation is 2. The summed E-state index contributed by atoms with van der Waals surface area (Å²) in [5, 5.41) is 1.30. The lowest BCUT2D eigenvalue weighted by molar-refractivity contribution is -0.629. The Kier molecular flexibility index (Phi) is 8.31. The molecule has 0 fully saturated rings. The van der Waals surface area contributed by atoms with Crippen molar-refractivity contribution in [3.05, 3.63) is 125 Å². The fourth-order valence-corrected chi connectivity index (χ4v) is 7.57. The first kappa shape index (κ1) is 30.0. The fourth-order valence-electron chi connectivity index (χ4n) is 6.36. The molecule has 0 atom stereocenters. The molecule has 5 aromatic carbocycles. The molecule has 2 heteroatoms. The Morgan fingerprint density at radius 1 is 0.545 bits per heavy atom. The summed E-state index contributed by atoms with van der Waals surface area (Å²) in [6.07, 6.45) is 0. The highest BCUT2D eigenvalue weighted by molar-refractivity contribution is 7.21. The van der Waals surface area contributed by atoms with Crippen LogP contribution in [0.25, 0.3) is 54.2 Å². The van der Waals surface area contributed by atoms with Crippen molar-refractivity contribution >= 4 is 21.6 Å². The lowest BCUT2D eigenvalue weighted by atomic mass is 9.82. The number of hydrogen-bond acceptors (Lipinski definition) is 1. The van der Waals surface area contributed by atoms with Crippen molar-refractivity contribution in [3.63, 3.8) is 0 Å². The number of rotatable bonds is 7. The average Bonchev–Trinajstić information content (AvgIpc) is 3.36. The zero-order valence-corrected chi connectivity index (χ0v) is 28.2. The molecule has 0 spiro atoms. The van der Waals surface area contributed by atoms with Crippen LogP contribution in [0, 0.1) is 6.92 Å². The number of thiazole rings is 1. The normalized spacial score (nSPS) is 11.8. The van der Waals surface area contributed by atoms with Crippen molar-refractivity contribution in [2.45, 2.75) is 66.2 Å². The molecule has 6 rings (SSSR count). The number of fused-ring (bicyclic) bond motifs is 1. The van der Waals surface area contributed by atoms with Crippen LogP contribution in [-0.4, -0.2) is 0 Å². The van der Waals surface area contributed by atoms with Gasteiger partial charge in [0, 0.05) is 6.07 Å². The monoisotopic (exact) mass is 594 g/mol. The van der Waals surface area contributed by atoms with E-state index in [1.54, 1.807) is 0 Å². The van der Waals surface area contributed by atoms with E-state index in [-0.39, 0.29) is 0 Å². The second kappa shape index (κ2) is 12.2. The third kappa shape index (κ3) is 5.64. The van der Waals surface area contributed by atoms with Crippen molar-refractivity contribution in [2.75, 3.05) is 0 Å². The van der Waals surface area contributed by atoms with E-state index in [9.17, 15) is 0 Å². The molecule has 6 aromatic rings. The molecule has 0 radical (unpaired) electrons. The minimum absolute atomic E-state index is 0.407. The zero-order chi connectivity index (χ0) is 31.1. The molecule has 0 aliphatic heterocycles. The minimum atomic E-state index is 0.407. The van der Waals surface area contributed by atoms with Crippen LogP contribution in [0.4, 0.5) is 0 Å². The quantitative estimate of drug-likeness (QED) is 0.162. The molecule has 0 saturated heterocycles. The van der Waals surface area contributed by atoms with Gasteiger partial charge in [0.15, 0.2) is 0 Å². The number of benzene rings is 5. The van der Waals surface area contributed by atoms with E-state index in [0.29, 0.717) is 17.8 Å². The van der Waals surface area contributed by atoms with Crippen LogP contribution in [0.1, 0.15) is 81.5 Å². The molecule has 0 amide bonds. The Bertz CT molecular complexity index is 1910. The first-order valence-corrected chi connectivity index (χ1v) is 16.8. The van der Waals surface area contributed by atoms with Gasteiger partial charge in [0.05, 0.1) is 5.56 Å². The van der Waals surface area contributed by atoms with Crippen molar-refractivity contribution < 1.29 is 4.57 Å². The summed E-state index contributed by atoms with van der Waals surface area (Å²) in [7, 11) is 2.22. The SMILES string of the molecule is Cc1ccc(-c2c(C(C)C)cc(-c3ccccc3)cc2C(C)C)cc1-c1sc2ccc(-c3ccc(C(C)C)cc3)cc2[n+]1C. The number of aromatic nitrogens is 1. The molecule has 1 aromatic heterocycles. The molecule has 0 saturated carbocycles. The summed E-state index contributed by atoms with van der Waals surface area (Å²) in [6, 6.07) is 38.7. The molecule has 222 valence electrons. The maximum absolute atomic E-state index is 2.45. The van der Waals surface area contributed by atoms with Crippen molar-refractivity contribution in [1.29, 1.82) is 0 Å². The van der Waals surface area contributed by atoms with Gasteiger partial charge in [0.25, 0.3) is 5.01 Å². The second-order valence-corrected chi connectivity index (χ2v) is 14.2. The topological polar surface area (TPSA) is 3.88 Å². The maximum Gasteiger partial charge on any atom is 0.270 e. The van der Waals surface area contributed by atoms with E-state index in [4.69, 9.17) is 0 Å². The summed E-state index contributed by atoms with van der Waals surface area (Å²) in [5.41, 5.74) is 15.9. The van der Waals surface area contributed by atoms with Gasteiger partial charge < -0.3 is 0 Å². The molecule has 1 heterocycles. The van der Waals surface area contributed by atoms with Gasteiger partial charge in [-0.1, -0.05) is 138 Å². The van der Waals surface area contributed by atoms with E-state index in [2.05, 4.69) is 163 Å². The molecule has 0 aliphatic carbocycles. The van der Waals surface area contributed by atoms with Crippen LogP contribution in [0.3, 0.4) is 0 Å². The number of nitrogens with zero attached hydrogens (tertiary/aromatic N) is 1. The predicted octanol–water partition coefficient (Wildman–Crippen LogP) is 12.1. The van der Waals surface area contributed by atoms with Crippen molar-refractivity contribution in [2.24, 2.45) is 7.05 Å². The molecular formula is C42H44NS+. The second-order valence-electron chi connectivity index (χ2n) is 13.2. The highest BCUT2D eigenvalue weighted by Crippen LogP contribution is 2.42. The van der Waals surface area contributed by atoms with Crippen LogP contribution in [0.5, 0.6) is 0 Å². The molecule has 0 N–H and O–H groups in total. The average molecular weight is 595 g/mol. The minimum Gasteiger partial charge on any atom is -0.184 e. The van der Waals surface area contributed by atoms with Crippen LogP contribution in [0.2, 0.25) is 0 Å². The van der Waals surface area contributed by atoms with E-state index in [1.165, 1.54) is 76.4 Å². The maximum atomic E-state index is 2.45. The lowest BCUT2D eigenvalue weighted by Gasteiger charge is -2.23. The van der Waals surface area contributed by atoms with Crippen LogP contribution < -0.4 is 4.57 Å². The zero-order valence-electron chi connectivity index (χ0n) is 27.4. The standard InChI is InChI=1S/C42H44NS/c1-26(2)30-16-18-32(19-17-30)33-20-21-40-39(25-33)43(8)42(44-40)38-22-34(15-14-29(38)7)41-36(27(3)4)23-35(24-37(41)28(5)6)31-12-10-9-11-13-31/h9-28H,1-8H3/q+1. The number of hydrogen-bond donors (Lipinski definition) is 0. The van der Waals surface area contributed by atoms with Gasteiger partial charge in [-0.2, -0.15) is 4.57 Å². The Labute approximate surface area is 267 Å². The summed E-state index contributed by atoms with van der Waals surface area (Å²) in [5.74, 6) is 1.35. The Balaban J connectivity index is 1.47. The summed E-state index contributed by atoms with van der Waals surface area (Å²) in [4.78, 5) is 0. The summed E-state index contributed by atoms with van der Waals surface area (Å²) >= 11 is 1.89. The largest absolute Gasteiger partial charge is 0.270 e. The Hall–Kier alpha value is -4.01. The third-order valence-corrected chi connectivity index (χ3v) is 10.3. The van der Waals surface area contributed by atoms with Crippen LogP contribution >= 0.6 is 11.3 Å². The predicted molar refractivity (Wildman–Crippen MR) is 192 cm³/mol. The van der Waals surface area contributed by atoms with E-state index < -0.39 is 0 Å². The Morgan fingerprint density at radius 3 is 1.75 bits per heavy atom. The van der Waals surface area contributed by atoms with Gasteiger partial charge in [-0.25, -0.2) is 0 Å². The van der Waals surface area contributed by atoms with E-state index in [0.717, 1.165) is 0 Å². The van der Waals surface area contributed by atoms with Crippen LogP contribution in [0.15, 0.2) is 103 Å². The summed E-state index contributed by atoms with van der Waals surface area (Å²) < 4.78 is 3.70. The molecule has 0 bridgehead atoms. The van der Waals surface area contributed by atoms with Crippen molar-refractivity contribution in [3.8, 4) is 44.0 Å². The smallest absolute Gasteiger partial charge is 0.184 e. The van der Waals surface area contributed by atoms with Crippen molar-refractivity contribution in [1.82, 2.24) is 0 Å².